The Hall–Kier alpha value is -2.14. The van der Waals surface area contributed by atoms with Crippen molar-refractivity contribution < 1.29 is 45.0 Å². The molecule has 0 saturated carbocycles. The Labute approximate surface area is 161 Å². The molecule has 0 radical (unpaired) electrons. The van der Waals surface area contributed by atoms with Crippen molar-refractivity contribution in [2.45, 2.75) is 23.9 Å². The minimum atomic E-state index is -5.79. The van der Waals surface area contributed by atoms with Gasteiger partial charge in [0.25, 0.3) is 11.9 Å². The van der Waals surface area contributed by atoms with Crippen molar-refractivity contribution in [2.75, 3.05) is 12.4 Å². The molecule has 1 heterocycles. The van der Waals surface area contributed by atoms with Crippen LogP contribution in [-0.2, 0) is 9.84 Å². The first kappa shape index (κ1) is 22.2. The SMILES string of the molecule is CCS(=O)(=O)c1c(Cl)cccc1-c1ccc(OCC(F)(F)C(F)(F)F)c[n+]1O. The fourth-order valence-corrected chi connectivity index (χ4v) is 3.88. The molecule has 154 valence electrons. The number of aromatic nitrogens is 1. The summed E-state index contributed by atoms with van der Waals surface area (Å²) in [5, 5.41) is 9.98. The van der Waals surface area contributed by atoms with Crippen LogP contribution in [-0.4, -0.2) is 38.1 Å². The first-order chi connectivity index (χ1) is 12.8. The standard InChI is InChI=1S/C16H14ClF5NO4S/c1-2-28(25,26)14-11(4-3-5-12(14)17)13-7-6-10(8-23(13)24)27-9-15(18,19)16(20,21)22/h3-8,24H,2,9H2,1H3/q+1. The van der Waals surface area contributed by atoms with Crippen molar-refractivity contribution in [3.8, 4) is 17.0 Å². The summed E-state index contributed by atoms with van der Waals surface area (Å²) in [6.07, 6.45) is -5.06. The summed E-state index contributed by atoms with van der Waals surface area (Å²) in [5.74, 6) is -5.85. The molecule has 0 fully saturated rings. The number of ether oxygens (including phenoxy) is 1. The molecule has 0 amide bonds. The summed E-state index contributed by atoms with van der Waals surface area (Å²) in [6.45, 7) is -0.588. The van der Waals surface area contributed by atoms with E-state index in [9.17, 15) is 35.6 Å². The smallest absolute Gasteiger partial charge is 0.456 e. The van der Waals surface area contributed by atoms with E-state index in [0.29, 0.717) is 4.73 Å². The maximum atomic E-state index is 12.9. The van der Waals surface area contributed by atoms with Crippen molar-refractivity contribution >= 4 is 21.4 Å². The van der Waals surface area contributed by atoms with Gasteiger partial charge in [-0.25, -0.2) is 8.42 Å². The highest BCUT2D eigenvalue weighted by Crippen LogP contribution is 2.36. The van der Waals surface area contributed by atoms with Crippen LogP contribution in [0.15, 0.2) is 41.4 Å². The summed E-state index contributed by atoms with van der Waals surface area (Å²) >= 11 is 5.98. The molecule has 1 N–H and O–H groups in total. The van der Waals surface area contributed by atoms with Crippen LogP contribution >= 0.6 is 11.6 Å². The van der Waals surface area contributed by atoms with Gasteiger partial charge in [-0.1, -0.05) is 24.6 Å². The maximum absolute atomic E-state index is 12.9. The average molecular weight is 447 g/mol. The van der Waals surface area contributed by atoms with Gasteiger partial charge < -0.3 is 4.74 Å². The molecule has 2 aromatic rings. The Bertz CT molecular complexity index is 979. The highest BCUT2D eigenvalue weighted by atomic mass is 35.5. The van der Waals surface area contributed by atoms with Crippen LogP contribution in [0.2, 0.25) is 5.02 Å². The Kier molecular flexibility index (Phi) is 6.10. The van der Waals surface area contributed by atoms with E-state index in [4.69, 9.17) is 11.6 Å². The van der Waals surface area contributed by atoms with E-state index in [1.807, 2.05) is 0 Å². The lowest BCUT2D eigenvalue weighted by Gasteiger charge is -2.19. The van der Waals surface area contributed by atoms with Gasteiger partial charge in [-0.05, 0) is 18.2 Å². The Morgan fingerprint density at radius 3 is 2.32 bits per heavy atom. The monoisotopic (exact) mass is 446 g/mol. The largest absolute Gasteiger partial charge is 0.481 e. The van der Waals surface area contributed by atoms with Crippen molar-refractivity contribution in [1.29, 1.82) is 0 Å². The predicted octanol–water partition coefficient (Wildman–Crippen LogP) is 3.90. The van der Waals surface area contributed by atoms with Crippen LogP contribution in [0.4, 0.5) is 22.0 Å². The Morgan fingerprint density at radius 2 is 1.79 bits per heavy atom. The molecule has 0 unspecified atom stereocenters. The molecular formula is C16H14ClF5NO4S+. The number of alkyl halides is 5. The Morgan fingerprint density at radius 1 is 1.14 bits per heavy atom. The van der Waals surface area contributed by atoms with Gasteiger partial charge in [0.15, 0.2) is 22.2 Å². The molecule has 0 aliphatic rings. The molecule has 0 bridgehead atoms. The molecule has 28 heavy (non-hydrogen) atoms. The zero-order chi connectivity index (χ0) is 21.3. The van der Waals surface area contributed by atoms with E-state index in [-0.39, 0.29) is 26.9 Å². The van der Waals surface area contributed by atoms with Gasteiger partial charge in [0.1, 0.15) is 0 Å². The molecule has 0 atom stereocenters. The van der Waals surface area contributed by atoms with E-state index in [1.165, 1.54) is 25.1 Å². The van der Waals surface area contributed by atoms with Crippen LogP contribution in [0.1, 0.15) is 6.92 Å². The van der Waals surface area contributed by atoms with Gasteiger partial charge in [0, 0.05) is 10.8 Å². The zero-order valence-electron chi connectivity index (χ0n) is 14.2. The minimum Gasteiger partial charge on any atom is -0.481 e. The second-order valence-corrected chi connectivity index (χ2v) is 8.23. The summed E-state index contributed by atoms with van der Waals surface area (Å²) in [7, 11) is -3.79. The number of sulfone groups is 1. The van der Waals surface area contributed by atoms with Crippen LogP contribution in [0.25, 0.3) is 11.3 Å². The third-order valence-corrected chi connectivity index (χ3v) is 5.92. The molecular weight excluding hydrogens is 433 g/mol. The summed E-state index contributed by atoms with van der Waals surface area (Å²) in [6, 6.07) is 6.24. The number of hydrogen-bond donors (Lipinski definition) is 1. The van der Waals surface area contributed by atoms with Crippen molar-refractivity contribution in [3.05, 3.63) is 41.6 Å². The highest BCUT2D eigenvalue weighted by molar-refractivity contribution is 7.91. The molecule has 0 aliphatic heterocycles. The predicted molar refractivity (Wildman–Crippen MR) is 88.5 cm³/mol. The number of halogens is 6. The number of rotatable bonds is 6. The lowest BCUT2D eigenvalue weighted by atomic mass is 10.1. The summed E-state index contributed by atoms with van der Waals surface area (Å²) < 4.78 is 91.8. The Balaban J connectivity index is 2.41. The number of benzene rings is 1. The average Bonchev–Trinajstić information content (AvgIpc) is 2.58. The molecule has 5 nitrogen and oxygen atoms in total. The number of nitrogens with zero attached hydrogens (tertiary/aromatic N) is 1. The van der Waals surface area contributed by atoms with Gasteiger partial charge in [-0.2, -0.15) is 22.0 Å². The maximum Gasteiger partial charge on any atom is 0.456 e. The topological polar surface area (TPSA) is 67.5 Å². The van der Waals surface area contributed by atoms with Crippen molar-refractivity contribution in [2.24, 2.45) is 0 Å². The molecule has 0 aliphatic carbocycles. The molecule has 0 spiro atoms. The third kappa shape index (κ3) is 4.46. The van der Waals surface area contributed by atoms with Gasteiger partial charge in [-0.3, -0.25) is 5.21 Å². The summed E-state index contributed by atoms with van der Waals surface area (Å²) in [5.41, 5.74) is -0.0755. The second kappa shape index (κ2) is 7.70. The van der Waals surface area contributed by atoms with Crippen LogP contribution in [0, 0.1) is 0 Å². The highest BCUT2D eigenvalue weighted by Gasteiger charge is 2.58. The first-order valence-electron chi connectivity index (χ1n) is 7.64. The normalized spacial score (nSPS) is 12.8. The van der Waals surface area contributed by atoms with Gasteiger partial charge in [0.2, 0.25) is 0 Å². The fourth-order valence-electron chi connectivity index (χ4n) is 2.20. The second-order valence-electron chi connectivity index (χ2n) is 5.61. The molecule has 2 rings (SSSR count). The van der Waals surface area contributed by atoms with E-state index in [0.717, 1.165) is 18.3 Å². The molecule has 1 aromatic heterocycles. The molecule has 1 aromatic carbocycles. The van der Waals surface area contributed by atoms with E-state index >= 15 is 0 Å². The van der Waals surface area contributed by atoms with Crippen LogP contribution in [0.5, 0.6) is 5.75 Å². The van der Waals surface area contributed by atoms with Crippen molar-refractivity contribution in [1.82, 2.24) is 0 Å². The molecule has 0 saturated heterocycles. The first-order valence-corrected chi connectivity index (χ1v) is 9.67. The number of pyridine rings is 1. The van der Waals surface area contributed by atoms with Gasteiger partial charge in [0.05, 0.1) is 21.2 Å². The van der Waals surface area contributed by atoms with Crippen molar-refractivity contribution in [3.63, 3.8) is 0 Å². The summed E-state index contributed by atoms with van der Waals surface area (Å²) in [4.78, 5) is -0.251. The van der Waals surface area contributed by atoms with Crippen LogP contribution in [0.3, 0.4) is 0 Å². The fraction of sp³-hybridized carbons (Fsp3) is 0.312. The van der Waals surface area contributed by atoms with Gasteiger partial charge in [-0.15, -0.1) is 0 Å². The quantitative estimate of drug-likeness (QED) is 0.415. The zero-order valence-corrected chi connectivity index (χ0v) is 15.7. The minimum absolute atomic E-state index is 0.0176. The van der Waals surface area contributed by atoms with Gasteiger partial charge >= 0.3 is 12.1 Å². The number of hydrogen-bond acceptors (Lipinski definition) is 4. The van der Waals surface area contributed by atoms with E-state index in [2.05, 4.69) is 4.74 Å². The van der Waals surface area contributed by atoms with Crippen LogP contribution < -0.4 is 9.47 Å². The third-order valence-electron chi connectivity index (χ3n) is 3.67. The lowest BCUT2D eigenvalue weighted by Crippen LogP contribution is -2.42. The molecule has 12 heteroatoms. The van der Waals surface area contributed by atoms with E-state index < -0.39 is 34.3 Å². The lowest BCUT2D eigenvalue weighted by molar-refractivity contribution is -0.896. The van der Waals surface area contributed by atoms with E-state index in [1.54, 1.807) is 0 Å².